The minimum atomic E-state index is -0.660. The molecule has 0 unspecified atom stereocenters. The summed E-state index contributed by atoms with van der Waals surface area (Å²) in [5.74, 6) is -0.660. The molecule has 0 amide bonds. The Labute approximate surface area is 74.1 Å². The molecule has 0 spiro atoms. The van der Waals surface area contributed by atoms with E-state index < -0.39 is 10.9 Å². The number of aliphatic imine (C=N–C) groups is 1. The number of carbonyl (C=O) groups excluding carboxylic acids is 1. The van der Waals surface area contributed by atoms with Crippen molar-refractivity contribution in [3.05, 3.63) is 21.4 Å². The van der Waals surface area contributed by atoms with Gasteiger partial charge in [-0.1, -0.05) is 0 Å². The summed E-state index contributed by atoms with van der Waals surface area (Å²) in [4.78, 5) is 24.5. The normalized spacial score (nSPS) is 14.8. The predicted molar refractivity (Wildman–Crippen MR) is 44.0 cm³/mol. The topological polar surface area (TPSA) is 81.8 Å². The van der Waals surface area contributed by atoms with Crippen LogP contribution in [0.5, 0.6) is 0 Å². The highest BCUT2D eigenvalue weighted by Crippen LogP contribution is 2.12. The number of rotatable bonds is 3. The maximum absolute atomic E-state index is 11.1. The van der Waals surface area contributed by atoms with Crippen LogP contribution in [0.25, 0.3) is 0 Å². The third-order valence-corrected chi connectivity index (χ3v) is 1.49. The molecule has 0 aromatic rings. The SMILES string of the molecule is CCOC(=O)C1=C([N+](=O)[O-])C=NC1. The van der Waals surface area contributed by atoms with E-state index in [1.807, 2.05) is 0 Å². The maximum Gasteiger partial charge on any atom is 0.342 e. The molecule has 0 radical (unpaired) electrons. The monoisotopic (exact) mass is 184 g/mol. The van der Waals surface area contributed by atoms with Gasteiger partial charge in [0.1, 0.15) is 11.8 Å². The van der Waals surface area contributed by atoms with Crippen molar-refractivity contribution < 1.29 is 14.5 Å². The smallest absolute Gasteiger partial charge is 0.342 e. The number of nitro groups is 1. The molecule has 13 heavy (non-hydrogen) atoms. The molecule has 70 valence electrons. The Bertz CT molecular complexity index is 306. The van der Waals surface area contributed by atoms with E-state index in [-0.39, 0.29) is 24.4 Å². The lowest BCUT2D eigenvalue weighted by Gasteiger charge is -1.99. The van der Waals surface area contributed by atoms with Gasteiger partial charge in [0, 0.05) is 0 Å². The zero-order valence-electron chi connectivity index (χ0n) is 7.02. The van der Waals surface area contributed by atoms with Crippen LogP contribution in [0, 0.1) is 10.1 Å². The summed E-state index contributed by atoms with van der Waals surface area (Å²) in [6.45, 7) is 1.88. The standard InChI is InChI=1S/C7H8N2O4/c1-2-13-7(10)5-3-8-4-6(5)9(11)12/h4H,2-3H2,1H3. The molecule has 6 heteroatoms. The Morgan fingerprint density at radius 1 is 1.85 bits per heavy atom. The molecule has 0 fully saturated rings. The number of esters is 1. The minimum absolute atomic E-state index is 0.0202. The fraction of sp³-hybridized carbons (Fsp3) is 0.429. The van der Waals surface area contributed by atoms with Crippen LogP contribution in [-0.4, -0.2) is 30.3 Å². The van der Waals surface area contributed by atoms with E-state index in [0.717, 1.165) is 6.21 Å². The largest absolute Gasteiger partial charge is 0.462 e. The Hall–Kier alpha value is -1.72. The molecule has 0 aromatic heterocycles. The van der Waals surface area contributed by atoms with Crippen molar-refractivity contribution in [3.63, 3.8) is 0 Å². The molecule has 0 N–H and O–H groups in total. The Kier molecular flexibility index (Phi) is 2.73. The Morgan fingerprint density at radius 2 is 2.54 bits per heavy atom. The zero-order valence-corrected chi connectivity index (χ0v) is 7.02. The molecule has 0 bridgehead atoms. The van der Waals surface area contributed by atoms with Gasteiger partial charge in [0.2, 0.25) is 0 Å². The second-order valence-electron chi connectivity index (χ2n) is 2.31. The van der Waals surface area contributed by atoms with Gasteiger partial charge in [-0.2, -0.15) is 0 Å². The highest BCUT2D eigenvalue weighted by atomic mass is 16.6. The summed E-state index contributed by atoms with van der Waals surface area (Å²) in [6.07, 6.45) is 1.08. The quantitative estimate of drug-likeness (QED) is 0.355. The summed E-state index contributed by atoms with van der Waals surface area (Å²) in [5.41, 5.74) is -0.245. The van der Waals surface area contributed by atoms with Crippen LogP contribution in [0.2, 0.25) is 0 Å². The summed E-state index contributed by atoms with van der Waals surface area (Å²) in [7, 11) is 0. The first kappa shape index (κ1) is 9.37. The van der Waals surface area contributed by atoms with Crippen LogP contribution in [0.4, 0.5) is 0 Å². The highest BCUT2D eigenvalue weighted by molar-refractivity contribution is 5.98. The van der Waals surface area contributed by atoms with Gasteiger partial charge in [0.05, 0.1) is 18.1 Å². The van der Waals surface area contributed by atoms with Crippen LogP contribution in [0.1, 0.15) is 6.92 Å². The fourth-order valence-electron chi connectivity index (χ4n) is 0.927. The van der Waals surface area contributed by atoms with E-state index in [0.29, 0.717) is 0 Å². The zero-order chi connectivity index (χ0) is 9.84. The number of allylic oxidation sites excluding steroid dienone is 1. The molecule has 1 aliphatic rings. The van der Waals surface area contributed by atoms with Crippen molar-refractivity contribution in [1.82, 2.24) is 0 Å². The van der Waals surface area contributed by atoms with E-state index in [9.17, 15) is 14.9 Å². The molecule has 1 aliphatic heterocycles. The predicted octanol–water partition coefficient (Wildman–Crippen LogP) is 0.165. The average Bonchev–Trinajstić information content (AvgIpc) is 2.52. The van der Waals surface area contributed by atoms with Gasteiger partial charge in [0.25, 0.3) is 5.70 Å². The second kappa shape index (κ2) is 3.79. The molecular formula is C7H8N2O4. The molecule has 1 heterocycles. The van der Waals surface area contributed by atoms with Crippen LogP contribution in [-0.2, 0) is 9.53 Å². The molecule has 0 atom stereocenters. The fourth-order valence-corrected chi connectivity index (χ4v) is 0.927. The molecule has 0 aliphatic carbocycles. The van der Waals surface area contributed by atoms with E-state index in [1.54, 1.807) is 6.92 Å². The summed E-state index contributed by atoms with van der Waals surface area (Å²) < 4.78 is 4.62. The van der Waals surface area contributed by atoms with Crippen molar-refractivity contribution in [3.8, 4) is 0 Å². The van der Waals surface area contributed by atoms with Gasteiger partial charge in [-0.25, -0.2) is 4.79 Å². The van der Waals surface area contributed by atoms with Gasteiger partial charge in [0.15, 0.2) is 0 Å². The molecule has 0 saturated carbocycles. The van der Waals surface area contributed by atoms with Crippen molar-refractivity contribution in [2.45, 2.75) is 6.92 Å². The molecular weight excluding hydrogens is 176 g/mol. The maximum atomic E-state index is 11.1. The average molecular weight is 184 g/mol. The third kappa shape index (κ3) is 1.90. The van der Waals surface area contributed by atoms with Gasteiger partial charge in [-0.05, 0) is 6.92 Å². The third-order valence-electron chi connectivity index (χ3n) is 1.49. The first-order valence-electron chi connectivity index (χ1n) is 3.71. The van der Waals surface area contributed by atoms with E-state index in [4.69, 9.17) is 0 Å². The summed E-state index contributed by atoms with van der Waals surface area (Å²) in [6, 6.07) is 0. The second-order valence-corrected chi connectivity index (χ2v) is 2.31. The van der Waals surface area contributed by atoms with Crippen LogP contribution in [0.15, 0.2) is 16.3 Å². The van der Waals surface area contributed by atoms with Gasteiger partial charge in [-0.3, -0.25) is 15.1 Å². The van der Waals surface area contributed by atoms with E-state index in [2.05, 4.69) is 9.73 Å². The Morgan fingerprint density at radius 3 is 3.08 bits per heavy atom. The number of hydrogen-bond acceptors (Lipinski definition) is 5. The van der Waals surface area contributed by atoms with E-state index >= 15 is 0 Å². The highest BCUT2D eigenvalue weighted by Gasteiger charge is 2.27. The van der Waals surface area contributed by atoms with Gasteiger partial charge >= 0.3 is 5.97 Å². The number of ether oxygens (including phenoxy) is 1. The lowest BCUT2D eigenvalue weighted by Crippen LogP contribution is -2.13. The lowest BCUT2D eigenvalue weighted by atomic mass is 10.2. The van der Waals surface area contributed by atoms with Crippen molar-refractivity contribution in [1.29, 1.82) is 0 Å². The lowest BCUT2D eigenvalue weighted by molar-refractivity contribution is -0.414. The van der Waals surface area contributed by atoms with Gasteiger partial charge in [-0.15, -0.1) is 0 Å². The number of carbonyl (C=O) groups is 1. The first-order valence-corrected chi connectivity index (χ1v) is 3.71. The molecule has 0 saturated heterocycles. The van der Waals surface area contributed by atoms with E-state index in [1.165, 1.54) is 0 Å². The van der Waals surface area contributed by atoms with Crippen molar-refractivity contribution in [2.24, 2.45) is 4.99 Å². The molecule has 6 nitrogen and oxygen atoms in total. The summed E-state index contributed by atoms with van der Waals surface area (Å²) >= 11 is 0. The number of hydrogen-bond donors (Lipinski definition) is 0. The summed E-state index contributed by atoms with van der Waals surface area (Å²) in [5, 5.41) is 10.4. The Balaban J connectivity index is 2.85. The van der Waals surface area contributed by atoms with Crippen molar-refractivity contribution in [2.75, 3.05) is 13.2 Å². The van der Waals surface area contributed by atoms with Crippen LogP contribution < -0.4 is 0 Å². The minimum Gasteiger partial charge on any atom is -0.462 e. The number of nitrogens with zero attached hydrogens (tertiary/aromatic N) is 2. The van der Waals surface area contributed by atoms with Crippen LogP contribution >= 0.6 is 0 Å². The molecule has 0 aromatic carbocycles. The first-order chi connectivity index (χ1) is 6.16. The molecule has 1 rings (SSSR count). The van der Waals surface area contributed by atoms with Crippen LogP contribution in [0.3, 0.4) is 0 Å². The van der Waals surface area contributed by atoms with Gasteiger partial charge < -0.3 is 4.74 Å². The van der Waals surface area contributed by atoms with Crippen molar-refractivity contribution >= 4 is 12.2 Å².